The van der Waals surface area contributed by atoms with E-state index in [-0.39, 0.29) is 11.3 Å². The first-order valence-corrected chi connectivity index (χ1v) is 12.3. The molecule has 1 unspecified atom stereocenters. The number of rotatable bonds is 12. The van der Waals surface area contributed by atoms with Crippen molar-refractivity contribution in [2.75, 3.05) is 32.8 Å². The molecule has 1 heterocycles. The summed E-state index contributed by atoms with van der Waals surface area (Å²) in [5.74, 6) is -0.661. The van der Waals surface area contributed by atoms with Gasteiger partial charge in [-0.25, -0.2) is 0 Å². The van der Waals surface area contributed by atoms with E-state index in [0.717, 1.165) is 37.9 Å². The number of likely N-dealkylation sites (tertiary alicyclic amines) is 1. The summed E-state index contributed by atoms with van der Waals surface area (Å²) in [5, 5.41) is 11.2. The van der Waals surface area contributed by atoms with Gasteiger partial charge in [0.1, 0.15) is 11.5 Å². The normalized spacial score (nSPS) is 17.5. The minimum absolute atomic E-state index is 0.132. The highest BCUT2D eigenvalue weighted by Gasteiger charge is 2.45. The first-order chi connectivity index (χ1) is 16.5. The van der Waals surface area contributed by atoms with E-state index in [2.05, 4.69) is 25.7 Å². The van der Waals surface area contributed by atoms with Gasteiger partial charge in [-0.3, -0.25) is 9.59 Å². The number of aliphatic hydroxyl groups excluding tert-OH is 1. The number of likely N-dealkylation sites (N-methyl/N-ethyl adjacent to an activating group) is 1. The number of Topliss-reactive ketones (excluding diaryl/α,β-unsaturated/α-hetero) is 1. The van der Waals surface area contributed by atoms with Crippen molar-refractivity contribution in [3.05, 3.63) is 71.3 Å². The van der Waals surface area contributed by atoms with Crippen LogP contribution in [0.3, 0.4) is 0 Å². The molecule has 0 aromatic heterocycles. The van der Waals surface area contributed by atoms with Gasteiger partial charge >= 0.3 is 0 Å². The number of unbranched alkanes of at least 4 members (excludes halogenated alkanes) is 2. The number of hydrogen-bond donors (Lipinski definition) is 1. The van der Waals surface area contributed by atoms with Gasteiger partial charge in [0.25, 0.3) is 11.7 Å². The lowest BCUT2D eigenvalue weighted by Gasteiger charge is -2.28. The fourth-order valence-electron chi connectivity index (χ4n) is 4.29. The molecule has 1 amide bonds. The summed E-state index contributed by atoms with van der Waals surface area (Å²) in [7, 11) is 0. The van der Waals surface area contributed by atoms with E-state index in [1.165, 1.54) is 0 Å². The molecule has 182 valence electrons. The molecule has 2 aromatic rings. The number of carbonyl (C=O) groups excluding carboxylic acids is 2. The van der Waals surface area contributed by atoms with Crippen LogP contribution in [0.25, 0.3) is 5.76 Å². The van der Waals surface area contributed by atoms with Gasteiger partial charge in [0, 0.05) is 18.7 Å². The first-order valence-electron chi connectivity index (χ1n) is 12.3. The third-order valence-electron chi connectivity index (χ3n) is 6.35. The molecular formula is C28H36N2O4. The van der Waals surface area contributed by atoms with E-state index in [0.29, 0.717) is 31.0 Å². The highest BCUT2D eigenvalue weighted by atomic mass is 16.5. The Morgan fingerprint density at radius 1 is 0.971 bits per heavy atom. The Kier molecular flexibility index (Phi) is 9.28. The van der Waals surface area contributed by atoms with Crippen LogP contribution < -0.4 is 4.74 Å². The van der Waals surface area contributed by atoms with E-state index in [1.54, 1.807) is 29.2 Å². The van der Waals surface area contributed by atoms with Crippen LogP contribution in [-0.4, -0.2) is 59.4 Å². The Hall–Kier alpha value is -3.12. The lowest BCUT2D eigenvalue weighted by atomic mass is 9.95. The number of ketones is 1. The van der Waals surface area contributed by atoms with Crippen LogP contribution in [0.1, 0.15) is 57.2 Å². The Morgan fingerprint density at radius 2 is 1.65 bits per heavy atom. The molecule has 1 fully saturated rings. The number of aliphatic hydroxyl groups is 1. The minimum atomic E-state index is -0.647. The molecule has 6 nitrogen and oxygen atoms in total. The van der Waals surface area contributed by atoms with E-state index >= 15 is 0 Å². The Bertz CT molecular complexity index is 981. The second kappa shape index (κ2) is 12.4. The van der Waals surface area contributed by atoms with Crippen LogP contribution in [0.15, 0.2) is 60.2 Å². The van der Waals surface area contributed by atoms with Crippen LogP contribution in [0.4, 0.5) is 0 Å². The van der Waals surface area contributed by atoms with Gasteiger partial charge in [0.15, 0.2) is 0 Å². The predicted octanol–water partition coefficient (Wildman–Crippen LogP) is 5.02. The number of nitrogens with zero attached hydrogens (tertiary/aromatic N) is 2. The molecule has 2 aromatic carbocycles. The lowest BCUT2D eigenvalue weighted by Crippen LogP contribution is -2.38. The van der Waals surface area contributed by atoms with Gasteiger partial charge in [-0.1, -0.05) is 63.9 Å². The van der Waals surface area contributed by atoms with Crippen LogP contribution >= 0.6 is 0 Å². The van der Waals surface area contributed by atoms with Crippen molar-refractivity contribution in [3.8, 4) is 5.75 Å². The maximum atomic E-state index is 13.1. The van der Waals surface area contributed by atoms with Crippen LogP contribution in [0.5, 0.6) is 5.75 Å². The number of amides is 1. The Morgan fingerprint density at radius 3 is 2.26 bits per heavy atom. The van der Waals surface area contributed by atoms with Gasteiger partial charge in [-0.2, -0.15) is 0 Å². The van der Waals surface area contributed by atoms with Gasteiger partial charge in [-0.15, -0.1) is 0 Å². The molecular weight excluding hydrogens is 428 g/mol. The second-order valence-electron chi connectivity index (χ2n) is 8.51. The number of ether oxygens (including phenoxy) is 1. The maximum absolute atomic E-state index is 13.1. The topological polar surface area (TPSA) is 70.1 Å². The predicted molar refractivity (Wildman–Crippen MR) is 135 cm³/mol. The third kappa shape index (κ3) is 5.86. The van der Waals surface area contributed by atoms with Crippen molar-refractivity contribution in [2.24, 2.45) is 0 Å². The Labute approximate surface area is 202 Å². The second-order valence-corrected chi connectivity index (χ2v) is 8.51. The van der Waals surface area contributed by atoms with Crippen molar-refractivity contribution >= 4 is 17.4 Å². The van der Waals surface area contributed by atoms with Crippen LogP contribution in [0.2, 0.25) is 0 Å². The number of carbonyl (C=O) groups is 2. The van der Waals surface area contributed by atoms with E-state index in [9.17, 15) is 14.7 Å². The SMILES string of the molecule is CCCCCOc1ccc(/C(O)=C2/C(=O)C(=O)N(CCN(CC)CC)C2c2ccccc2)cc1. The van der Waals surface area contributed by atoms with Crippen molar-refractivity contribution in [1.82, 2.24) is 9.80 Å². The molecule has 1 aliphatic heterocycles. The van der Waals surface area contributed by atoms with Crippen molar-refractivity contribution < 1.29 is 19.4 Å². The average molecular weight is 465 g/mol. The summed E-state index contributed by atoms with van der Waals surface area (Å²) in [6, 6.07) is 15.8. The first kappa shape index (κ1) is 25.5. The molecule has 6 heteroatoms. The van der Waals surface area contributed by atoms with Crippen molar-refractivity contribution in [3.63, 3.8) is 0 Å². The van der Waals surface area contributed by atoms with Crippen molar-refractivity contribution in [1.29, 1.82) is 0 Å². The quantitative estimate of drug-likeness (QED) is 0.207. The zero-order chi connectivity index (χ0) is 24.5. The summed E-state index contributed by atoms with van der Waals surface area (Å²) in [4.78, 5) is 30.0. The fraction of sp³-hybridized carbons (Fsp3) is 0.429. The van der Waals surface area contributed by atoms with Gasteiger partial charge < -0.3 is 19.6 Å². The van der Waals surface area contributed by atoms with E-state index < -0.39 is 17.7 Å². The molecule has 1 aliphatic rings. The highest BCUT2D eigenvalue weighted by molar-refractivity contribution is 6.46. The number of hydrogen-bond acceptors (Lipinski definition) is 5. The molecule has 0 bridgehead atoms. The number of benzene rings is 2. The standard InChI is InChI=1S/C28H36N2O4/c1-4-7-11-20-34-23-16-14-22(15-17-23)26(31)24-25(21-12-9-8-10-13-21)30(28(33)27(24)32)19-18-29(5-2)6-3/h8-10,12-17,25,31H,4-7,11,18-20H2,1-3H3/b26-24-. The molecule has 0 saturated carbocycles. The van der Waals surface area contributed by atoms with E-state index in [4.69, 9.17) is 4.74 Å². The molecule has 0 spiro atoms. The zero-order valence-electron chi connectivity index (χ0n) is 20.5. The third-order valence-corrected chi connectivity index (χ3v) is 6.35. The summed E-state index contributed by atoms with van der Waals surface area (Å²) >= 11 is 0. The Balaban J connectivity index is 1.92. The minimum Gasteiger partial charge on any atom is -0.507 e. The molecule has 3 rings (SSSR count). The summed E-state index contributed by atoms with van der Waals surface area (Å²) in [6.07, 6.45) is 3.24. The largest absolute Gasteiger partial charge is 0.507 e. The van der Waals surface area contributed by atoms with Crippen LogP contribution in [0, 0.1) is 0 Å². The van der Waals surface area contributed by atoms with Crippen molar-refractivity contribution in [2.45, 2.75) is 46.1 Å². The monoisotopic (exact) mass is 464 g/mol. The maximum Gasteiger partial charge on any atom is 0.295 e. The lowest BCUT2D eigenvalue weighted by molar-refractivity contribution is -0.140. The van der Waals surface area contributed by atoms with E-state index in [1.807, 2.05) is 30.3 Å². The van der Waals surface area contributed by atoms with Gasteiger partial charge in [0.2, 0.25) is 0 Å². The van der Waals surface area contributed by atoms with Gasteiger partial charge in [-0.05, 0) is 49.3 Å². The summed E-state index contributed by atoms with van der Waals surface area (Å²) in [6.45, 7) is 9.73. The molecule has 1 saturated heterocycles. The average Bonchev–Trinajstić information content (AvgIpc) is 3.12. The molecule has 0 radical (unpaired) electrons. The summed E-state index contributed by atoms with van der Waals surface area (Å²) in [5.41, 5.74) is 1.43. The zero-order valence-corrected chi connectivity index (χ0v) is 20.5. The van der Waals surface area contributed by atoms with Gasteiger partial charge in [0.05, 0.1) is 18.2 Å². The molecule has 34 heavy (non-hydrogen) atoms. The summed E-state index contributed by atoms with van der Waals surface area (Å²) < 4.78 is 5.76. The highest BCUT2D eigenvalue weighted by Crippen LogP contribution is 2.39. The molecule has 0 aliphatic carbocycles. The molecule has 1 N–H and O–H groups in total. The smallest absolute Gasteiger partial charge is 0.295 e. The fourth-order valence-corrected chi connectivity index (χ4v) is 4.29. The van der Waals surface area contributed by atoms with Crippen LogP contribution in [-0.2, 0) is 9.59 Å². The molecule has 1 atom stereocenters.